The maximum absolute atomic E-state index is 12.2. The molecule has 9 heteroatoms. The van der Waals surface area contributed by atoms with E-state index in [9.17, 15) is 10.1 Å². The van der Waals surface area contributed by atoms with Gasteiger partial charge in [-0.15, -0.1) is 21.5 Å². The van der Waals surface area contributed by atoms with Crippen LogP contribution in [0.2, 0.25) is 0 Å². The molecule has 0 amide bonds. The van der Waals surface area contributed by atoms with E-state index in [0.717, 1.165) is 22.5 Å². The molecule has 0 atom stereocenters. The predicted octanol–water partition coefficient (Wildman–Crippen LogP) is 4.34. The number of carbonyl (C=O) groups excluding carboxylic acids is 1. The molecule has 0 fully saturated rings. The van der Waals surface area contributed by atoms with Gasteiger partial charge in [0.05, 0.1) is 12.2 Å². The van der Waals surface area contributed by atoms with Gasteiger partial charge in [-0.3, -0.25) is 0 Å². The summed E-state index contributed by atoms with van der Waals surface area (Å²) < 4.78 is 10.8. The molecule has 0 saturated carbocycles. The van der Waals surface area contributed by atoms with E-state index in [0.29, 0.717) is 32.3 Å². The van der Waals surface area contributed by atoms with Crippen molar-refractivity contribution in [1.82, 2.24) is 10.2 Å². The number of nitrogen functional groups attached to an aromatic ring is 1. The van der Waals surface area contributed by atoms with Crippen molar-refractivity contribution in [3.8, 4) is 17.5 Å². The third-order valence-corrected chi connectivity index (χ3v) is 5.99. The summed E-state index contributed by atoms with van der Waals surface area (Å²) in [5, 5.41) is 18.2. The molecule has 3 rings (SSSR count). The fourth-order valence-electron chi connectivity index (χ4n) is 2.50. The Labute approximate surface area is 170 Å². The molecule has 28 heavy (non-hydrogen) atoms. The summed E-state index contributed by atoms with van der Waals surface area (Å²) in [6, 6.07) is 7.98. The Morgan fingerprint density at radius 1 is 1.36 bits per heavy atom. The van der Waals surface area contributed by atoms with Crippen LogP contribution in [0.5, 0.6) is 0 Å². The fraction of sp³-hybridized carbons (Fsp3) is 0.263. The van der Waals surface area contributed by atoms with Gasteiger partial charge in [0, 0.05) is 16.9 Å². The number of esters is 1. The largest absolute Gasteiger partial charge is 0.462 e. The van der Waals surface area contributed by atoms with Crippen molar-refractivity contribution in [3.63, 3.8) is 0 Å². The number of anilines is 1. The van der Waals surface area contributed by atoms with E-state index in [1.54, 1.807) is 6.92 Å². The molecule has 0 aliphatic carbocycles. The minimum Gasteiger partial charge on any atom is -0.462 e. The van der Waals surface area contributed by atoms with Crippen molar-refractivity contribution in [2.75, 3.05) is 12.3 Å². The van der Waals surface area contributed by atoms with Gasteiger partial charge in [-0.2, -0.15) is 5.26 Å². The van der Waals surface area contributed by atoms with Gasteiger partial charge in [-0.05, 0) is 44.0 Å². The highest BCUT2D eigenvalue weighted by atomic mass is 32.2. The molecule has 0 spiro atoms. The summed E-state index contributed by atoms with van der Waals surface area (Å²) in [6.07, 6.45) is 0. The summed E-state index contributed by atoms with van der Waals surface area (Å²) >= 11 is 2.30. The van der Waals surface area contributed by atoms with Gasteiger partial charge in [-0.25, -0.2) is 4.79 Å². The van der Waals surface area contributed by atoms with Crippen molar-refractivity contribution >= 4 is 34.1 Å². The molecule has 0 aliphatic heterocycles. The number of aromatic nitrogens is 2. The smallest absolute Gasteiger partial charge is 0.348 e. The molecule has 0 unspecified atom stereocenters. The molecule has 0 saturated heterocycles. The highest BCUT2D eigenvalue weighted by Gasteiger charge is 2.23. The summed E-state index contributed by atoms with van der Waals surface area (Å²) in [4.78, 5) is 12.5. The first-order valence-corrected chi connectivity index (χ1v) is 10.3. The van der Waals surface area contributed by atoms with Crippen molar-refractivity contribution in [1.29, 1.82) is 5.26 Å². The minimum absolute atomic E-state index is 0.244. The average molecular weight is 415 g/mol. The van der Waals surface area contributed by atoms with E-state index in [2.05, 4.69) is 16.3 Å². The topological polar surface area (TPSA) is 115 Å². The molecular weight excluding hydrogens is 396 g/mol. The second-order valence-electron chi connectivity index (χ2n) is 5.94. The zero-order valence-corrected chi connectivity index (χ0v) is 17.2. The van der Waals surface area contributed by atoms with E-state index in [1.165, 1.54) is 17.3 Å². The molecular formula is C19H18N4O3S2. The van der Waals surface area contributed by atoms with Gasteiger partial charge >= 0.3 is 5.97 Å². The van der Waals surface area contributed by atoms with Crippen molar-refractivity contribution in [2.24, 2.45) is 0 Å². The fourth-order valence-corrected chi connectivity index (χ4v) is 4.31. The summed E-state index contributed by atoms with van der Waals surface area (Å²) in [6.45, 7) is 6.02. The SMILES string of the molecule is CCOC(=O)c1sc(N)c(C#N)c1CSc1nnc(-c2ccc(C)c(C)c2)o1. The molecule has 0 aliphatic rings. The number of hydrogen-bond acceptors (Lipinski definition) is 9. The van der Waals surface area contributed by atoms with Gasteiger partial charge in [0.25, 0.3) is 5.22 Å². The summed E-state index contributed by atoms with van der Waals surface area (Å²) in [7, 11) is 0. The Morgan fingerprint density at radius 2 is 2.14 bits per heavy atom. The molecule has 7 nitrogen and oxygen atoms in total. The number of ether oxygens (including phenoxy) is 1. The molecule has 144 valence electrons. The zero-order valence-electron chi connectivity index (χ0n) is 15.6. The highest BCUT2D eigenvalue weighted by molar-refractivity contribution is 7.98. The first-order chi connectivity index (χ1) is 13.4. The van der Waals surface area contributed by atoms with Crippen LogP contribution in [-0.4, -0.2) is 22.8 Å². The van der Waals surface area contributed by atoms with Crippen LogP contribution in [-0.2, 0) is 10.5 Å². The number of hydrogen-bond donors (Lipinski definition) is 1. The summed E-state index contributed by atoms with van der Waals surface area (Å²) in [5.74, 6) is 0.221. The lowest BCUT2D eigenvalue weighted by atomic mass is 10.1. The lowest BCUT2D eigenvalue weighted by molar-refractivity contribution is 0.0531. The Balaban J connectivity index is 1.81. The van der Waals surface area contributed by atoms with Crippen LogP contribution in [0.1, 0.15) is 38.8 Å². The predicted molar refractivity (Wildman–Crippen MR) is 108 cm³/mol. The molecule has 1 aromatic carbocycles. The van der Waals surface area contributed by atoms with Crippen molar-refractivity contribution in [2.45, 2.75) is 31.7 Å². The van der Waals surface area contributed by atoms with Crippen LogP contribution in [0.15, 0.2) is 27.8 Å². The average Bonchev–Trinajstić information content (AvgIpc) is 3.26. The van der Waals surface area contributed by atoms with Gasteiger partial charge in [-0.1, -0.05) is 17.8 Å². The standard InChI is InChI=1S/C19H18N4O3S2/c1-4-25-18(24)15-14(13(8-20)16(21)28-15)9-27-19-23-22-17(26-19)12-6-5-10(2)11(3)7-12/h5-7H,4,9,21H2,1-3H3. The molecule has 2 N–H and O–H groups in total. The van der Waals surface area contributed by atoms with Crippen LogP contribution in [0.4, 0.5) is 5.00 Å². The van der Waals surface area contributed by atoms with Gasteiger partial charge in [0.2, 0.25) is 5.89 Å². The number of aryl methyl sites for hydroxylation is 2. The zero-order chi connectivity index (χ0) is 20.3. The van der Waals surface area contributed by atoms with Crippen LogP contribution >= 0.6 is 23.1 Å². The first kappa shape index (κ1) is 19.9. The Kier molecular flexibility index (Phi) is 6.02. The number of benzene rings is 1. The third kappa shape index (κ3) is 4.03. The number of thiophene rings is 1. The van der Waals surface area contributed by atoms with Crippen LogP contribution in [0.25, 0.3) is 11.5 Å². The van der Waals surface area contributed by atoms with Gasteiger partial charge in [0.15, 0.2) is 0 Å². The van der Waals surface area contributed by atoms with E-state index in [-0.39, 0.29) is 12.2 Å². The Hall–Kier alpha value is -2.83. The van der Waals surface area contributed by atoms with Crippen molar-refractivity contribution < 1.29 is 13.9 Å². The van der Waals surface area contributed by atoms with Crippen LogP contribution < -0.4 is 5.73 Å². The Morgan fingerprint density at radius 3 is 2.82 bits per heavy atom. The first-order valence-electron chi connectivity index (χ1n) is 8.46. The lowest BCUT2D eigenvalue weighted by Crippen LogP contribution is -2.05. The second-order valence-corrected chi connectivity index (χ2v) is 7.92. The Bertz CT molecular complexity index is 1070. The van der Waals surface area contributed by atoms with Gasteiger partial charge in [0.1, 0.15) is 15.9 Å². The molecule has 0 bridgehead atoms. The maximum atomic E-state index is 12.2. The maximum Gasteiger partial charge on any atom is 0.348 e. The summed E-state index contributed by atoms with van der Waals surface area (Å²) in [5.41, 5.74) is 9.86. The van der Waals surface area contributed by atoms with E-state index < -0.39 is 5.97 Å². The number of nitriles is 1. The highest BCUT2D eigenvalue weighted by Crippen LogP contribution is 2.36. The molecule has 3 aromatic rings. The van der Waals surface area contributed by atoms with Gasteiger partial charge < -0.3 is 14.9 Å². The molecule has 0 radical (unpaired) electrons. The minimum atomic E-state index is -0.488. The normalized spacial score (nSPS) is 10.6. The van der Waals surface area contributed by atoms with Crippen molar-refractivity contribution in [3.05, 3.63) is 45.3 Å². The monoisotopic (exact) mass is 414 g/mol. The van der Waals surface area contributed by atoms with Crippen LogP contribution in [0.3, 0.4) is 0 Å². The number of nitrogens with two attached hydrogens (primary N) is 1. The van der Waals surface area contributed by atoms with Crippen LogP contribution in [0, 0.1) is 25.2 Å². The number of rotatable bonds is 6. The quantitative estimate of drug-likeness (QED) is 0.468. The molecule has 2 heterocycles. The third-order valence-electron chi connectivity index (χ3n) is 4.11. The molecule has 2 aromatic heterocycles. The second kappa shape index (κ2) is 8.46. The number of nitrogens with zero attached hydrogens (tertiary/aromatic N) is 3. The van der Waals surface area contributed by atoms with E-state index in [4.69, 9.17) is 14.9 Å². The van der Waals surface area contributed by atoms with E-state index in [1.807, 2.05) is 32.0 Å². The van der Waals surface area contributed by atoms with E-state index >= 15 is 0 Å². The number of thioether (sulfide) groups is 1. The lowest BCUT2D eigenvalue weighted by Gasteiger charge is -2.03. The number of carbonyl (C=O) groups is 1.